The van der Waals surface area contributed by atoms with E-state index in [2.05, 4.69) is 10.2 Å². The molecule has 0 radical (unpaired) electrons. The van der Waals surface area contributed by atoms with E-state index in [9.17, 15) is 9.18 Å². The van der Waals surface area contributed by atoms with Crippen LogP contribution < -0.4 is 20.9 Å². The molecule has 0 unspecified atom stereocenters. The lowest BCUT2D eigenvalue weighted by molar-refractivity contribution is 0.250. The quantitative estimate of drug-likeness (QED) is 0.629. The molecule has 178 valence electrons. The number of halogens is 2. The Labute approximate surface area is 199 Å². The molecular weight excluding hydrogens is 443 g/mol. The highest BCUT2D eigenvalue weighted by atomic mass is 35.5. The number of nitrogens with one attached hydrogen (secondary N) is 1. The number of rotatable bonds is 6. The summed E-state index contributed by atoms with van der Waals surface area (Å²) in [4.78, 5) is 25.3. The molecule has 2 aliphatic rings. The first-order chi connectivity index (χ1) is 15.8. The molecule has 0 spiro atoms. The van der Waals surface area contributed by atoms with E-state index in [1.807, 2.05) is 14.1 Å². The van der Waals surface area contributed by atoms with Crippen LogP contribution in [0.4, 0.5) is 26.6 Å². The highest BCUT2D eigenvalue weighted by Crippen LogP contribution is 2.32. The van der Waals surface area contributed by atoms with Crippen molar-refractivity contribution in [2.45, 2.75) is 57.4 Å². The van der Waals surface area contributed by atoms with Crippen LogP contribution in [0.15, 0.2) is 18.2 Å². The SMILES string of the molecule is CN(C)c1nc(NC2CCC(CN(C(N)=O)c3ccc(F)c(Cl)c3)CC2)nc2c1CCCC2. The predicted molar refractivity (Wildman–Crippen MR) is 131 cm³/mol. The van der Waals surface area contributed by atoms with Gasteiger partial charge in [-0.15, -0.1) is 0 Å². The van der Waals surface area contributed by atoms with Crippen LogP contribution in [0.1, 0.15) is 49.8 Å². The number of aryl methyl sites for hydroxylation is 1. The Hall–Kier alpha value is -2.61. The van der Waals surface area contributed by atoms with Crippen molar-refractivity contribution >= 4 is 35.1 Å². The normalized spacial score (nSPS) is 20.1. The molecule has 9 heteroatoms. The van der Waals surface area contributed by atoms with Crippen LogP contribution in [0.25, 0.3) is 0 Å². The van der Waals surface area contributed by atoms with Crippen LogP contribution in [0.2, 0.25) is 5.02 Å². The second-order valence-electron chi connectivity index (χ2n) is 9.31. The molecule has 1 saturated carbocycles. The van der Waals surface area contributed by atoms with Crippen molar-refractivity contribution in [1.29, 1.82) is 0 Å². The van der Waals surface area contributed by atoms with Crippen LogP contribution in [-0.2, 0) is 12.8 Å². The molecule has 1 aromatic carbocycles. The lowest BCUT2D eigenvalue weighted by Gasteiger charge is -2.33. The zero-order chi connectivity index (χ0) is 23.5. The molecule has 2 aliphatic carbocycles. The van der Waals surface area contributed by atoms with Gasteiger partial charge in [-0.2, -0.15) is 4.98 Å². The number of hydrogen-bond donors (Lipinski definition) is 2. The van der Waals surface area contributed by atoms with Crippen LogP contribution in [0, 0.1) is 11.7 Å². The maximum atomic E-state index is 13.5. The van der Waals surface area contributed by atoms with Crippen LogP contribution in [-0.4, -0.2) is 42.7 Å². The largest absolute Gasteiger partial charge is 0.362 e. The number of amides is 2. The highest BCUT2D eigenvalue weighted by molar-refractivity contribution is 6.31. The molecular formula is C24H32ClFN6O. The average Bonchev–Trinajstić information content (AvgIpc) is 2.79. The Balaban J connectivity index is 1.38. The number of anilines is 3. The maximum Gasteiger partial charge on any atom is 0.319 e. The van der Waals surface area contributed by atoms with Crippen LogP contribution >= 0.6 is 11.6 Å². The molecule has 2 aromatic rings. The first-order valence-corrected chi connectivity index (χ1v) is 12.0. The molecule has 0 saturated heterocycles. The average molecular weight is 475 g/mol. The lowest BCUT2D eigenvalue weighted by atomic mass is 9.85. The summed E-state index contributed by atoms with van der Waals surface area (Å²) in [6, 6.07) is 3.98. The minimum absolute atomic E-state index is 0.0196. The summed E-state index contributed by atoms with van der Waals surface area (Å²) < 4.78 is 13.5. The fraction of sp³-hybridized carbons (Fsp3) is 0.542. The van der Waals surface area contributed by atoms with Gasteiger partial charge in [-0.25, -0.2) is 14.2 Å². The smallest absolute Gasteiger partial charge is 0.319 e. The number of nitrogens with zero attached hydrogens (tertiary/aromatic N) is 4. The van der Waals surface area contributed by atoms with Crippen LogP contribution in [0.3, 0.4) is 0 Å². The van der Waals surface area contributed by atoms with Crippen molar-refractivity contribution in [3.63, 3.8) is 0 Å². The van der Waals surface area contributed by atoms with Crippen molar-refractivity contribution in [2.75, 3.05) is 35.8 Å². The third-order valence-corrected chi connectivity index (χ3v) is 6.98. The van der Waals surface area contributed by atoms with Gasteiger partial charge in [0, 0.05) is 37.9 Å². The van der Waals surface area contributed by atoms with Crippen LogP contribution in [0.5, 0.6) is 0 Å². The Morgan fingerprint density at radius 1 is 1.18 bits per heavy atom. The number of nitrogens with two attached hydrogens (primary N) is 1. The lowest BCUT2D eigenvalue weighted by Crippen LogP contribution is -2.41. The van der Waals surface area contributed by atoms with E-state index in [0.717, 1.165) is 44.3 Å². The van der Waals surface area contributed by atoms with Gasteiger partial charge >= 0.3 is 6.03 Å². The van der Waals surface area contributed by atoms with E-state index >= 15 is 0 Å². The van der Waals surface area contributed by atoms with Gasteiger partial charge in [0.1, 0.15) is 11.6 Å². The molecule has 2 amide bonds. The maximum absolute atomic E-state index is 13.5. The third kappa shape index (κ3) is 5.49. The molecule has 1 heterocycles. The van der Waals surface area contributed by atoms with E-state index < -0.39 is 11.8 Å². The Bertz CT molecular complexity index is 1010. The molecule has 3 N–H and O–H groups in total. The summed E-state index contributed by atoms with van der Waals surface area (Å²) in [6.45, 7) is 0.490. The summed E-state index contributed by atoms with van der Waals surface area (Å²) in [6.07, 6.45) is 8.24. The summed E-state index contributed by atoms with van der Waals surface area (Å²) in [5, 5.41) is 3.54. The van der Waals surface area contributed by atoms with Gasteiger partial charge in [-0.1, -0.05) is 11.6 Å². The highest BCUT2D eigenvalue weighted by Gasteiger charge is 2.27. The van der Waals surface area contributed by atoms with Crippen molar-refractivity contribution in [2.24, 2.45) is 11.7 Å². The number of carbonyl (C=O) groups excluding carboxylic acids is 1. The number of hydrogen-bond acceptors (Lipinski definition) is 5. The molecule has 1 fully saturated rings. The first kappa shape index (κ1) is 23.5. The number of urea groups is 1. The Morgan fingerprint density at radius 3 is 2.58 bits per heavy atom. The van der Waals surface area contributed by atoms with Crippen molar-refractivity contribution in [1.82, 2.24) is 9.97 Å². The van der Waals surface area contributed by atoms with Crippen molar-refractivity contribution in [3.8, 4) is 0 Å². The number of aromatic nitrogens is 2. The molecule has 1 aromatic heterocycles. The van der Waals surface area contributed by atoms with Gasteiger partial charge in [0.25, 0.3) is 0 Å². The van der Waals surface area contributed by atoms with Gasteiger partial charge in [0.2, 0.25) is 5.95 Å². The first-order valence-electron chi connectivity index (χ1n) is 11.7. The summed E-state index contributed by atoms with van der Waals surface area (Å²) in [7, 11) is 4.07. The van der Waals surface area contributed by atoms with E-state index in [1.165, 1.54) is 47.2 Å². The molecule has 4 rings (SSSR count). The zero-order valence-corrected chi connectivity index (χ0v) is 20.0. The monoisotopic (exact) mass is 474 g/mol. The number of fused-ring (bicyclic) bond motifs is 1. The van der Waals surface area contributed by atoms with Gasteiger partial charge in [0.05, 0.1) is 10.7 Å². The molecule has 0 bridgehead atoms. The fourth-order valence-electron chi connectivity index (χ4n) is 4.91. The fourth-order valence-corrected chi connectivity index (χ4v) is 5.09. The molecule has 7 nitrogen and oxygen atoms in total. The van der Waals surface area contributed by atoms with E-state index in [0.29, 0.717) is 30.1 Å². The van der Waals surface area contributed by atoms with E-state index in [1.54, 1.807) is 0 Å². The second-order valence-corrected chi connectivity index (χ2v) is 9.71. The summed E-state index contributed by atoms with van der Waals surface area (Å²) in [5.74, 6) is 1.52. The Morgan fingerprint density at radius 2 is 1.91 bits per heavy atom. The molecule has 33 heavy (non-hydrogen) atoms. The third-order valence-electron chi connectivity index (χ3n) is 6.69. The topological polar surface area (TPSA) is 87.4 Å². The summed E-state index contributed by atoms with van der Waals surface area (Å²) in [5.41, 5.74) is 8.59. The number of primary amides is 1. The number of benzene rings is 1. The van der Waals surface area contributed by atoms with Gasteiger partial charge < -0.3 is 16.0 Å². The standard InChI is InChI=1S/C24H32ClFN6O/c1-31(2)22-18-5-3-4-6-21(18)29-24(30-22)28-16-9-7-15(8-10-16)14-32(23(27)33)17-11-12-20(26)19(25)13-17/h11-13,15-16H,3-10,14H2,1-2H3,(H2,27,33)(H,28,29,30). The molecule has 0 aliphatic heterocycles. The van der Waals surface area contributed by atoms with E-state index in [-0.39, 0.29) is 5.02 Å². The second kappa shape index (κ2) is 10.1. The predicted octanol–water partition coefficient (Wildman–Crippen LogP) is 4.77. The van der Waals surface area contributed by atoms with E-state index in [4.69, 9.17) is 27.3 Å². The Kier molecular flexibility index (Phi) is 7.22. The number of carbonyl (C=O) groups is 1. The van der Waals surface area contributed by atoms with Gasteiger partial charge in [-0.3, -0.25) is 4.90 Å². The van der Waals surface area contributed by atoms with Crippen molar-refractivity contribution < 1.29 is 9.18 Å². The van der Waals surface area contributed by atoms with Crippen molar-refractivity contribution in [3.05, 3.63) is 40.3 Å². The zero-order valence-electron chi connectivity index (χ0n) is 19.3. The van der Waals surface area contributed by atoms with Gasteiger partial charge in [-0.05, 0) is 75.5 Å². The minimum Gasteiger partial charge on any atom is -0.362 e. The summed E-state index contributed by atoms with van der Waals surface area (Å²) >= 11 is 5.90. The minimum atomic E-state index is -0.559. The van der Waals surface area contributed by atoms with Gasteiger partial charge in [0.15, 0.2) is 0 Å². The molecule has 0 atom stereocenters.